The molecule has 0 unspecified atom stereocenters. The van der Waals surface area contributed by atoms with Gasteiger partial charge in [-0.2, -0.15) is 0 Å². The molecule has 0 amide bonds. The summed E-state index contributed by atoms with van der Waals surface area (Å²) in [7, 11) is 0. The summed E-state index contributed by atoms with van der Waals surface area (Å²) in [5.74, 6) is 0. The van der Waals surface area contributed by atoms with Gasteiger partial charge in [0.1, 0.15) is 0 Å². The van der Waals surface area contributed by atoms with Crippen LogP contribution in [0, 0.1) is 0 Å². The van der Waals surface area contributed by atoms with Crippen LogP contribution in [0.4, 0.5) is 0 Å². The van der Waals surface area contributed by atoms with Crippen LogP contribution < -0.4 is 0 Å². The van der Waals surface area contributed by atoms with Crippen molar-refractivity contribution < 1.29 is 0 Å². The lowest BCUT2D eigenvalue weighted by molar-refractivity contribution is 1.61. The van der Waals surface area contributed by atoms with Crippen molar-refractivity contribution in [1.82, 2.24) is 0 Å². The van der Waals surface area contributed by atoms with Gasteiger partial charge in [0.2, 0.25) is 0 Å². The molecule has 3 aromatic carbocycles. The average Bonchev–Trinajstić information content (AvgIpc) is 2.41. The van der Waals surface area contributed by atoms with Gasteiger partial charge in [-0.05, 0) is 40.6 Å². The zero-order valence-electron chi connectivity index (χ0n) is 9.53. The highest BCUT2D eigenvalue weighted by Crippen LogP contribution is 2.32. The quantitative estimate of drug-likeness (QED) is 0.522. The van der Waals surface area contributed by atoms with Gasteiger partial charge in [-0.25, -0.2) is 0 Å². The molecule has 0 aromatic heterocycles. The fourth-order valence-electron chi connectivity index (χ4n) is 2.08. The van der Waals surface area contributed by atoms with Gasteiger partial charge in [0.25, 0.3) is 0 Å². The first-order valence-electron chi connectivity index (χ1n) is 5.68. The second kappa shape index (κ2) is 4.75. The van der Waals surface area contributed by atoms with Crippen molar-refractivity contribution >= 4 is 38.3 Å². The van der Waals surface area contributed by atoms with Crippen LogP contribution in [0.1, 0.15) is 0 Å². The van der Waals surface area contributed by atoms with Gasteiger partial charge in [-0.1, -0.05) is 63.9 Å². The Morgan fingerprint density at radius 2 is 1.56 bits per heavy atom. The summed E-state index contributed by atoms with van der Waals surface area (Å²) in [5.41, 5.74) is 2.19. The van der Waals surface area contributed by atoms with Gasteiger partial charge in [0.15, 0.2) is 0 Å². The molecule has 0 saturated heterocycles. The largest absolute Gasteiger partial charge is 0.0837 e. The fraction of sp³-hybridized carbons (Fsp3) is 0. The molecule has 0 nitrogen and oxygen atoms in total. The van der Waals surface area contributed by atoms with Gasteiger partial charge < -0.3 is 0 Å². The molecule has 3 rings (SSSR count). The van der Waals surface area contributed by atoms with E-state index in [1.807, 2.05) is 24.3 Å². The molecular weight excluding hydrogens is 308 g/mol. The Balaban J connectivity index is 2.22. The van der Waals surface area contributed by atoms with E-state index in [-0.39, 0.29) is 0 Å². The molecule has 0 atom stereocenters. The highest BCUT2D eigenvalue weighted by molar-refractivity contribution is 9.10. The van der Waals surface area contributed by atoms with Crippen LogP contribution in [0.15, 0.2) is 65.1 Å². The summed E-state index contributed by atoms with van der Waals surface area (Å²) in [6.07, 6.45) is 0. The molecule has 0 saturated carbocycles. The second-order valence-corrected chi connectivity index (χ2v) is 5.51. The van der Waals surface area contributed by atoms with Crippen LogP contribution in [0.2, 0.25) is 5.02 Å². The van der Waals surface area contributed by atoms with Crippen LogP contribution in [-0.4, -0.2) is 0 Å². The van der Waals surface area contributed by atoms with Crippen molar-refractivity contribution in [3.8, 4) is 11.1 Å². The Bertz CT molecular complexity index is 719. The minimum absolute atomic E-state index is 0.772. The third kappa shape index (κ3) is 2.16. The molecule has 3 aromatic rings. The first kappa shape index (κ1) is 11.8. The number of fused-ring (bicyclic) bond motifs is 1. The highest BCUT2D eigenvalue weighted by Gasteiger charge is 2.05. The van der Waals surface area contributed by atoms with E-state index in [1.165, 1.54) is 10.8 Å². The summed E-state index contributed by atoms with van der Waals surface area (Å²) in [5, 5.41) is 3.24. The molecule has 2 heteroatoms. The van der Waals surface area contributed by atoms with Crippen molar-refractivity contribution in [1.29, 1.82) is 0 Å². The van der Waals surface area contributed by atoms with Crippen molar-refractivity contribution in [2.75, 3.05) is 0 Å². The Hall–Kier alpha value is -1.31. The number of rotatable bonds is 1. The molecule has 18 heavy (non-hydrogen) atoms. The molecule has 0 aliphatic heterocycles. The van der Waals surface area contributed by atoms with E-state index in [9.17, 15) is 0 Å². The average molecular weight is 318 g/mol. The lowest BCUT2D eigenvalue weighted by Crippen LogP contribution is -1.81. The summed E-state index contributed by atoms with van der Waals surface area (Å²) >= 11 is 9.75. The molecule has 0 N–H and O–H groups in total. The van der Waals surface area contributed by atoms with Crippen molar-refractivity contribution in [3.63, 3.8) is 0 Å². The van der Waals surface area contributed by atoms with Crippen LogP contribution in [0.3, 0.4) is 0 Å². The maximum absolute atomic E-state index is 6.26. The third-order valence-corrected chi connectivity index (χ3v) is 3.81. The topological polar surface area (TPSA) is 0 Å². The molecule has 0 heterocycles. The monoisotopic (exact) mass is 316 g/mol. The number of benzene rings is 3. The van der Waals surface area contributed by atoms with E-state index in [4.69, 9.17) is 11.6 Å². The first-order chi connectivity index (χ1) is 8.74. The predicted molar refractivity (Wildman–Crippen MR) is 82.1 cm³/mol. The standard InChI is InChI=1S/C16H10BrCl/c17-14-7-8-16(18)15(10-14)13-6-5-11-3-1-2-4-12(11)9-13/h1-10H. The number of hydrogen-bond donors (Lipinski definition) is 0. The van der Waals surface area contributed by atoms with Crippen LogP contribution in [0.25, 0.3) is 21.9 Å². The van der Waals surface area contributed by atoms with Gasteiger partial charge in [-0.15, -0.1) is 0 Å². The molecule has 0 aliphatic carbocycles. The Morgan fingerprint density at radius 3 is 2.39 bits per heavy atom. The van der Waals surface area contributed by atoms with Crippen molar-refractivity contribution in [3.05, 3.63) is 70.2 Å². The zero-order valence-corrected chi connectivity index (χ0v) is 11.9. The van der Waals surface area contributed by atoms with Crippen molar-refractivity contribution in [2.45, 2.75) is 0 Å². The van der Waals surface area contributed by atoms with Crippen LogP contribution in [0.5, 0.6) is 0 Å². The van der Waals surface area contributed by atoms with Gasteiger partial charge in [0.05, 0.1) is 0 Å². The number of halogens is 2. The van der Waals surface area contributed by atoms with E-state index in [2.05, 4.69) is 52.3 Å². The van der Waals surface area contributed by atoms with E-state index in [0.717, 1.165) is 20.6 Å². The molecule has 0 aliphatic rings. The molecule has 0 bridgehead atoms. The van der Waals surface area contributed by atoms with Crippen LogP contribution in [-0.2, 0) is 0 Å². The maximum atomic E-state index is 6.26. The van der Waals surface area contributed by atoms with Gasteiger partial charge in [0, 0.05) is 15.1 Å². The highest BCUT2D eigenvalue weighted by atomic mass is 79.9. The van der Waals surface area contributed by atoms with E-state index in [0.29, 0.717) is 0 Å². The van der Waals surface area contributed by atoms with Crippen LogP contribution >= 0.6 is 27.5 Å². The minimum Gasteiger partial charge on any atom is -0.0837 e. The normalized spacial score (nSPS) is 10.8. The molecule has 0 spiro atoms. The molecule has 88 valence electrons. The molecule has 0 fully saturated rings. The smallest absolute Gasteiger partial charge is 0.0485 e. The number of hydrogen-bond acceptors (Lipinski definition) is 0. The Labute approximate surface area is 119 Å². The Kier molecular flexibility index (Phi) is 3.11. The Morgan fingerprint density at radius 1 is 0.778 bits per heavy atom. The minimum atomic E-state index is 0.772. The van der Waals surface area contributed by atoms with E-state index < -0.39 is 0 Å². The lowest BCUT2D eigenvalue weighted by atomic mass is 10.0. The van der Waals surface area contributed by atoms with Gasteiger partial charge in [-0.3, -0.25) is 0 Å². The SMILES string of the molecule is Clc1ccc(Br)cc1-c1ccc2ccccc2c1. The van der Waals surface area contributed by atoms with E-state index >= 15 is 0 Å². The first-order valence-corrected chi connectivity index (χ1v) is 6.85. The molecule has 0 radical (unpaired) electrons. The second-order valence-electron chi connectivity index (χ2n) is 4.19. The summed E-state index contributed by atoms with van der Waals surface area (Å²) in [6, 6.07) is 20.6. The summed E-state index contributed by atoms with van der Waals surface area (Å²) in [6.45, 7) is 0. The molecular formula is C16H10BrCl. The van der Waals surface area contributed by atoms with Gasteiger partial charge >= 0.3 is 0 Å². The maximum Gasteiger partial charge on any atom is 0.0485 e. The van der Waals surface area contributed by atoms with Crippen molar-refractivity contribution in [2.24, 2.45) is 0 Å². The summed E-state index contributed by atoms with van der Waals surface area (Å²) in [4.78, 5) is 0. The lowest BCUT2D eigenvalue weighted by Gasteiger charge is -2.07. The predicted octanol–water partition coefficient (Wildman–Crippen LogP) is 5.92. The van der Waals surface area contributed by atoms with E-state index in [1.54, 1.807) is 0 Å². The zero-order chi connectivity index (χ0) is 12.5. The fourth-order valence-corrected chi connectivity index (χ4v) is 2.66. The third-order valence-electron chi connectivity index (χ3n) is 2.99. The summed E-state index contributed by atoms with van der Waals surface area (Å²) < 4.78 is 1.04.